The summed E-state index contributed by atoms with van der Waals surface area (Å²) in [5, 5.41) is 23.6. The molecular formula is C18H13ClIN3O4. The first-order chi connectivity index (χ1) is 12.8. The van der Waals surface area contributed by atoms with Crippen LogP contribution in [0.1, 0.15) is 11.1 Å². The van der Waals surface area contributed by atoms with Crippen LogP contribution in [0.15, 0.2) is 35.9 Å². The fourth-order valence-corrected chi connectivity index (χ4v) is 3.24. The highest BCUT2D eigenvalue weighted by Gasteiger charge is 2.20. The van der Waals surface area contributed by atoms with E-state index in [4.69, 9.17) is 16.3 Å². The van der Waals surface area contributed by atoms with E-state index in [0.717, 1.165) is 5.56 Å². The van der Waals surface area contributed by atoms with Crippen LogP contribution in [0.4, 0.5) is 11.4 Å². The van der Waals surface area contributed by atoms with Crippen molar-refractivity contribution in [2.45, 2.75) is 6.92 Å². The van der Waals surface area contributed by atoms with Crippen LogP contribution in [-0.2, 0) is 4.79 Å². The molecule has 0 atom stereocenters. The SMILES string of the molecule is COc1c(I)cc(/C=C(/C#N)C(=O)Nc2ccc(C)c(Cl)c2)cc1[N+](=O)[O-]. The maximum Gasteiger partial charge on any atom is 0.312 e. The first-order valence-electron chi connectivity index (χ1n) is 7.48. The van der Waals surface area contributed by atoms with Gasteiger partial charge in [0.2, 0.25) is 5.75 Å². The zero-order valence-corrected chi connectivity index (χ0v) is 17.2. The van der Waals surface area contributed by atoms with Crippen LogP contribution in [-0.4, -0.2) is 17.9 Å². The van der Waals surface area contributed by atoms with Crippen LogP contribution in [0.5, 0.6) is 5.75 Å². The van der Waals surface area contributed by atoms with E-state index < -0.39 is 10.8 Å². The van der Waals surface area contributed by atoms with E-state index in [1.165, 1.54) is 19.3 Å². The third-order valence-electron chi connectivity index (χ3n) is 3.55. The van der Waals surface area contributed by atoms with E-state index in [1.54, 1.807) is 30.3 Å². The molecule has 0 radical (unpaired) electrons. The van der Waals surface area contributed by atoms with Gasteiger partial charge in [-0.3, -0.25) is 14.9 Å². The third kappa shape index (κ3) is 4.96. The highest BCUT2D eigenvalue weighted by atomic mass is 127. The average molecular weight is 498 g/mol. The van der Waals surface area contributed by atoms with Gasteiger partial charge in [0.05, 0.1) is 15.6 Å². The average Bonchev–Trinajstić information content (AvgIpc) is 2.62. The Hall–Kier alpha value is -2.64. The molecule has 0 aliphatic rings. The Morgan fingerprint density at radius 3 is 2.67 bits per heavy atom. The van der Waals surface area contributed by atoms with E-state index >= 15 is 0 Å². The van der Waals surface area contributed by atoms with Gasteiger partial charge in [0.1, 0.15) is 11.6 Å². The number of aryl methyl sites for hydroxylation is 1. The standard InChI is InChI=1S/C18H13ClIN3O4/c1-10-3-4-13(8-14(10)19)22-18(24)12(9-21)5-11-6-15(20)17(27-2)16(7-11)23(25)26/h3-8H,1-2H3,(H,22,24)/b12-5-. The maximum atomic E-state index is 12.4. The van der Waals surface area contributed by atoms with Crippen molar-refractivity contribution in [3.63, 3.8) is 0 Å². The van der Waals surface area contributed by atoms with Gasteiger partial charge in [0.15, 0.2) is 0 Å². The first-order valence-corrected chi connectivity index (χ1v) is 8.93. The minimum atomic E-state index is -0.647. The molecule has 0 unspecified atom stereocenters. The van der Waals surface area contributed by atoms with Crippen molar-refractivity contribution >= 4 is 57.5 Å². The number of hydrogen-bond donors (Lipinski definition) is 1. The second kappa shape index (κ2) is 8.83. The van der Waals surface area contributed by atoms with Gasteiger partial charge in [0.25, 0.3) is 5.91 Å². The number of ether oxygens (including phenoxy) is 1. The number of benzene rings is 2. The second-order valence-corrected chi connectivity index (χ2v) is 6.97. The zero-order valence-electron chi connectivity index (χ0n) is 14.2. The second-order valence-electron chi connectivity index (χ2n) is 5.40. The molecule has 0 spiro atoms. The van der Waals surface area contributed by atoms with Crippen LogP contribution >= 0.6 is 34.2 Å². The van der Waals surface area contributed by atoms with E-state index in [-0.39, 0.29) is 17.0 Å². The molecule has 0 saturated heterocycles. The van der Waals surface area contributed by atoms with Crippen LogP contribution in [0, 0.1) is 31.9 Å². The normalized spacial score (nSPS) is 10.9. The van der Waals surface area contributed by atoms with Crippen molar-refractivity contribution in [1.82, 2.24) is 0 Å². The van der Waals surface area contributed by atoms with Gasteiger partial charge in [-0.1, -0.05) is 17.7 Å². The van der Waals surface area contributed by atoms with Crippen LogP contribution < -0.4 is 10.1 Å². The summed E-state index contributed by atoms with van der Waals surface area (Å²) in [4.78, 5) is 23.0. The van der Waals surface area contributed by atoms with E-state index in [1.807, 2.05) is 29.5 Å². The largest absolute Gasteiger partial charge is 0.489 e. The molecule has 9 heteroatoms. The number of nitro benzene ring substituents is 1. The molecule has 0 aliphatic heterocycles. The molecule has 0 fully saturated rings. The number of nitrogens with one attached hydrogen (secondary N) is 1. The number of rotatable bonds is 5. The molecule has 0 heterocycles. The fraction of sp³-hybridized carbons (Fsp3) is 0.111. The number of nitro groups is 1. The molecule has 0 bridgehead atoms. The summed E-state index contributed by atoms with van der Waals surface area (Å²) < 4.78 is 5.53. The number of carbonyl (C=O) groups is 1. The molecule has 0 aliphatic carbocycles. The summed E-state index contributed by atoms with van der Waals surface area (Å²) >= 11 is 7.92. The molecular weight excluding hydrogens is 485 g/mol. The summed E-state index contributed by atoms with van der Waals surface area (Å²) in [5.41, 5.74) is 1.17. The van der Waals surface area contributed by atoms with E-state index in [0.29, 0.717) is 19.8 Å². The van der Waals surface area contributed by atoms with Crippen molar-refractivity contribution in [3.05, 3.63) is 65.7 Å². The molecule has 2 rings (SSSR count). The van der Waals surface area contributed by atoms with Crippen molar-refractivity contribution < 1.29 is 14.5 Å². The zero-order chi connectivity index (χ0) is 20.1. The van der Waals surface area contributed by atoms with Gasteiger partial charge in [-0.05, 0) is 64.9 Å². The minimum Gasteiger partial charge on any atom is -0.489 e. The van der Waals surface area contributed by atoms with E-state index in [9.17, 15) is 20.2 Å². The lowest BCUT2D eigenvalue weighted by molar-refractivity contribution is -0.385. The number of methoxy groups -OCH3 is 1. The Labute approximate surface area is 173 Å². The summed E-state index contributed by atoms with van der Waals surface area (Å²) in [5.74, 6) is -0.527. The summed E-state index contributed by atoms with van der Waals surface area (Å²) in [6.07, 6.45) is 1.28. The molecule has 2 aromatic carbocycles. The number of hydrogen-bond acceptors (Lipinski definition) is 5. The molecule has 1 amide bonds. The van der Waals surface area contributed by atoms with Crippen molar-refractivity contribution in [1.29, 1.82) is 5.26 Å². The van der Waals surface area contributed by atoms with Gasteiger partial charge < -0.3 is 10.1 Å². The van der Waals surface area contributed by atoms with Gasteiger partial charge in [-0.2, -0.15) is 5.26 Å². The Balaban J connectivity index is 2.37. The summed E-state index contributed by atoms with van der Waals surface area (Å²) in [7, 11) is 1.33. The van der Waals surface area contributed by atoms with Gasteiger partial charge >= 0.3 is 5.69 Å². The van der Waals surface area contributed by atoms with Gasteiger partial charge in [-0.15, -0.1) is 0 Å². The predicted molar refractivity (Wildman–Crippen MR) is 111 cm³/mol. The van der Waals surface area contributed by atoms with Crippen molar-refractivity contribution in [2.24, 2.45) is 0 Å². The van der Waals surface area contributed by atoms with Crippen LogP contribution in [0.3, 0.4) is 0 Å². The number of nitriles is 1. The topological polar surface area (TPSA) is 105 Å². The Morgan fingerprint density at radius 1 is 1.41 bits per heavy atom. The molecule has 0 saturated carbocycles. The number of halogens is 2. The highest BCUT2D eigenvalue weighted by molar-refractivity contribution is 14.1. The van der Waals surface area contributed by atoms with Gasteiger partial charge in [0, 0.05) is 16.8 Å². The minimum absolute atomic E-state index is 0.120. The molecule has 7 nitrogen and oxygen atoms in total. The smallest absolute Gasteiger partial charge is 0.312 e. The number of anilines is 1. The maximum absolute atomic E-state index is 12.4. The number of amides is 1. The van der Waals surface area contributed by atoms with E-state index in [2.05, 4.69) is 5.32 Å². The molecule has 2 aromatic rings. The number of nitrogens with zero attached hydrogens (tertiary/aromatic N) is 2. The quantitative estimate of drug-likeness (QED) is 0.212. The lowest BCUT2D eigenvalue weighted by atomic mass is 10.1. The third-order valence-corrected chi connectivity index (χ3v) is 4.76. The first kappa shape index (κ1) is 20.7. The fourth-order valence-electron chi connectivity index (χ4n) is 2.20. The predicted octanol–water partition coefficient (Wildman–Crippen LogP) is 4.72. The number of carbonyl (C=O) groups excluding carboxylic acids is 1. The molecule has 0 aromatic heterocycles. The molecule has 27 heavy (non-hydrogen) atoms. The Bertz CT molecular complexity index is 999. The molecule has 1 N–H and O–H groups in total. The lowest BCUT2D eigenvalue weighted by Gasteiger charge is -2.07. The Kier molecular flexibility index (Phi) is 6.76. The monoisotopic (exact) mass is 497 g/mol. The lowest BCUT2D eigenvalue weighted by Crippen LogP contribution is -2.13. The van der Waals surface area contributed by atoms with Crippen molar-refractivity contribution in [2.75, 3.05) is 12.4 Å². The van der Waals surface area contributed by atoms with Crippen LogP contribution in [0.25, 0.3) is 6.08 Å². The van der Waals surface area contributed by atoms with Gasteiger partial charge in [-0.25, -0.2) is 0 Å². The Morgan fingerprint density at radius 2 is 2.11 bits per heavy atom. The summed E-state index contributed by atoms with van der Waals surface area (Å²) in [6.45, 7) is 1.83. The molecule has 138 valence electrons. The van der Waals surface area contributed by atoms with Crippen molar-refractivity contribution in [3.8, 4) is 11.8 Å². The highest BCUT2D eigenvalue weighted by Crippen LogP contribution is 2.34. The van der Waals surface area contributed by atoms with Crippen LogP contribution in [0.2, 0.25) is 5.02 Å². The summed E-state index contributed by atoms with van der Waals surface area (Å²) in [6, 6.07) is 9.61.